The predicted molar refractivity (Wildman–Crippen MR) is 67.9 cm³/mol. The van der Waals surface area contributed by atoms with E-state index in [1.165, 1.54) is 12.1 Å². The lowest BCUT2D eigenvalue weighted by Crippen LogP contribution is -2.29. The van der Waals surface area contributed by atoms with Crippen molar-refractivity contribution >= 4 is 10.1 Å². The van der Waals surface area contributed by atoms with E-state index < -0.39 is 10.1 Å². The van der Waals surface area contributed by atoms with Gasteiger partial charge in [-0.15, -0.1) is 0 Å². The minimum atomic E-state index is -4.19. The van der Waals surface area contributed by atoms with Crippen LogP contribution in [-0.4, -0.2) is 31.1 Å². The molecule has 1 unspecified atom stereocenters. The quantitative estimate of drug-likeness (QED) is 0.830. The van der Waals surface area contributed by atoms with Crippen molar-refractivity contribution in [2.75, 3.05) is 13.1 Å². The predicted octanol–water partition coefficient (Wildman–Crippen LogP) is 1.92. The largest absolute Gasteiger partial charge is 0.785 e. The van der Waals surface area contributed by atoms with Crippen LogP contribution in [0.15, 0.2) is 23.1 Å². The van der Waals surface area contributed by atoms with E-state index in [1.54, 1.807) is 6.07 Å². The van der Waals surface area contributed by atoms with Crippen LogP contribution in [0.1, 0.15) is 29.9 Å². The van der Waals surface area contributed by atoms with E-state index in [4.69, 9.17) is 4.55 Å². The standard InChI is InChI=1S/C12H16NO4S/c1-9-4-5-11(18(15,16)17)7-12(9)10-3-2-6-13(14)8-10/h4-5,7,10H,2-3,6,8H2,1H3,(H,15,16,17)/q-1. The molecule has 0 amide bonds. The van der Waals surface area contributed by atoms with Crippen LogP contribution >= 0.6 is 0 Å². The van der Waals surface area contributed by atoms with Crippen LogP contribution in [0.3, 0.4) is 0 Å². The van der Waals surface area contributed by atoms with Crippen LogP contribution in [0.25, 0.3) is 0 Å². The maximum Gasteiger partial charge on any atom is 0.294 e. The Morgan fingerprint density at radius 2 is 2.17 bits per heavy atom. The molecule has 1 aliphatic rings. The molecule has 1 aromatic rings. The molecular formula is C12H16NO4S-. The molecule has 1 atom stereocenters. The van der Waals surface area contributed by atoms with Gasteiger partial charge in [0.05, 0.1) is 4.90 Å². The molecule has 2 rings (SSSR count). The molecule has 1 fully saturated rings. The Balaban J connectivity index is 2.37. The van der Waals surface area contributed by atoms with E-state index in [9.17, 15) is 13.6 Å². The van der Waals surface area contributed by atoms with Gasteiger partial charge in [0.15, 0.2) is 0 Å². The third-order valence-corrected chi connectivity index (χ3v) is 4.22. The van der Waals surface area contributed by atoms with Crippen LogP contribution in [0.2, 0.25) is 0 Å². The van der Waals surface area contributed by atoms with Gasteiger partial charge < -0.3 is 10.3 Å². The maximum atomic E-state index is 11.4. The summed E-state index contributed by atoms with van der Waals surface area (Å²) in [7, 11) is -4.19. The second kappa shape index (κ2) is 4.97. The first-order chi connectivity index (χ1) is 8.38. The van der Waals surface area contributed by atoms with Gasteiger partial charge in [-0.1, -0.05) is 6.07 Å². The normalized spacial score (nSPS) is 22.1. The lowest BCUT2D eigenvalue weighted by atomic mass is 9.89. The summed E-state index contributed by atoms with van der Waals surface area (Å²) in [6.07, 6.45) is 1.68. The highest BCUT2D eigenvalue weighted by Crippen LogP contribution is 2.30. The molecule has 6 heteroatoms. The summed E-state index contributed by atoms with van der Waals surface area (Å²) < 4.78 is 31.3. The number of benzene rings is 1. The molecule has 0 radical (unpaired) electrons. The van der Waals surface area contributed by atoms with Crippen LogP contribution in [0.4, 0.5) is 0 Å². The molecule has 0 saturated carbocycles. The lowest BCUT2D eigenvalue weighted by Gasteiger charge is -2.38. The molecule has 1 aromatic carbocycles. The molecule has 0 aliphatic carbocycles. The third-order valence-electron chi connectivity index (χ3n) is 3.37. The molecule has 1 heterocycles. The fourth-order valence-electron chi connectivity index (χ4n) is 2.42. The van der Waals surface area contributed by atoms with Crippen molar-refractivity contribution in [3.8, 4) is 0 Å². The lowest BCUT2D eigenvalue weighted by molar-refractivity contribution is 0.280. The zero-order chi connectivity index (χ0) is 13.3. The fourth-order valence-corrected chi connectivity index (χ4v) is 2.93. The Labute approximate surface area is 107 Å². The first-order valence-electron chi connectivity index (χ1n) is 5.88. The summed E-state index contributed by atoms with van der Waals surface area (Å²) in [5.74, 6) is 0.0398. The second-order valence-electron chi connectivity index (χ2n) is 4.72. The Kier molecular flexibility index (Phi) is 3.72. The number of rotatable bonds is 2. The van der Waals surface area contributed by atoms with Crippen molar-refractivity contribution in [1.29, 1.82) is 0 Å². The van der Waals surface area contributed by atoms with Gasteiger partial charge in [0.2, 0.25) is 0 Å². The molecule has 0 bridgehead atoms. The highest BCUT2D eigenvalue weighted by atomic mass is 32.2. The average molecular weight is 270 g/mol. The Bertz CT molecular complexity index is 541. The number of piperidine rings is 1. The van der Waals surface area contributed by atoms with Crippen LogP contribution < -0.4 is 0 Å². The zero-order valence-electron chi connectivity index (χ0n) is 10.2. The van der Waals surface area contributed by atoms with Crippen molar-refractivity contribution in [1.82, 2.24) is 5.06 Å². The molecule has 1 aliphatic heterocycles. The summed E-state index contributed by atoms with van der Waals surface area (Å²) in [6.45, 7) is 2.80. The number of hydrogen-bond donors (Lipinski definition) is 1. The summed E-state index contributed by atoms with van der Waals surface area (Å²) in [5, 5.41) is 12.4. The number of hydroxylamine groups is 2. The molecule has 100 valence electrons. The van der Waals surface area contributed by atoms with E-state index in [-0.39, 0.29) is 10.8 Å². The van der Waals surface area contributed by atoms with E-state index in [1.807, 2.05) is 6.92 Å². The van der Waals surface area contributed by atoms with Gasteiger partial charge in [0, 0.05) is 0 Å². The van der Waals surface area contributed by atoms with Crippen molar-refractivity contribution < 1.29 is 13.0 Å². The minimum absolute atomic E-state index is 0.0398. The first-order valence-corrected chi connectivity index (χ1v) is 7.32. The van der Waals surface area contributed by atoms with Gasteiger partial charge in [0.1, 0.15) is 0 Å². The number of hydrogen-bond acceptors (Lipinski definition) is 4. The third kappa shape index (κ3) is 2.89. The van der Waals surface area contributed by atoms with Crippen LogP contribution in [0.5, 0.6) is 0 Å². The molecule has 0 aromatic heterocycles. The topological polar surface area (TPSA) is 80.7 Å². The van der Waals surface area contributed by atoms with Crippen molar-refractivity contribution in [3.05, 3.63) is 34.5 Å². The average Bonchev–Trinajstić information content (AvgIpc) is 2.28. The molecule has 1 N–H and O–H groups in total. The maximum absolute atomic E-state index is 11.4. The van der Waals surface area contributed by atoms with Crippen LogP contribution in [0, 0.1) is 12.1 Å². The van der Waals surface area contributed by atoms with Gasteiger partial charge >= 0.3 is 0 Å². The van der Waals surface area contributed by atoms with Gasteiger partial charge in [-0.05, 0) is 62.0 Å². The second-order valence-corrected chi connectivity index (χ2v) is 6.14. The molecule has 0 spiro atoms. The van der Waals surface area contributed by atoms with Gasteiger partial charge in [0.25, 0.3) is 10.1 Å². The zero-order valence-corrected chi connectivity index (χ0v) is 11.0. The van der Waals surface area contributed by atoms with Crippen molar-refractivity contribution in [3.63, 3.8) is 0 Å². The van der Waals surface area contributed by atoms with Crippen molar-refractivity contribution in [2.24, 2.45) is 0 Å². The molecule has 18 heavy (non-hydrogen) atoms. The highest BCUT2D eigenvalue weighted by Gasteiger charge is 2.20. The summed E-state index contributed by atoms with van der Waals surface area (Å²) in [6, 6.07) is 4.53. The van der Waals surface area contributed by atoms with Gasteiger partial charge in [-0.2, -0.15) is 8.42 Å². The summed E-state index contributed by atoms with van der Waals surface area (Å²) in [4.78, 5) is -0.105. The number of aryl methyl sites for hydroxylation is 1. The van der Waals surface area contributed by atoms with E-state index >= 15 is 0 Å². The smallest absolute Gasteiger partial charge is 0.294 e. The van der Waals surface area contributed by atoms with Crippen molar-refractivity contribution in [2.45, 2.75) is 30.6 Å². The Morgan fingerprint density at radius 1 is 1.44 bits per heavy atom. The Hall–Kier alpha value is -0.950. The monoisotopic (exact) mass is 270 g/mol. The number of nitrogens with zero attached hydrogens (tertiary/aromatic N) is 1. The molecule has 5 nitrogen and oxygen atoms in total. The van der Waals surface area contributed by atoms with Gasteiger partial charge in [-0.25, -0.2) is 0 Å². The minimum Gasteiger partial charge on any atom is -0.785 e. The van der Waals surface area contributed by atoms with E-state index in [0.717, 1.165) is 29.0 Å². The fraction of sp³-hybridized carbons (Fsp3) is 0.500. The van der Waals surface area contributed by atoms with Gasteiger partial charge in [-0.3, -0.25) is 4.55 Å². The van der Waals surface area contributed by atoms with Crippen LogP contribution in [-0.2, 0) is 10.1 Å². The molecule has 1 saturated heterocycles. The van der Waals surface area contributed by atoms with E-state index in [0.29, 0.717) is 13.1 Å². The Morgan fingerprint density at radius 3 is 2.78 bits per heavy atom. The molecular weight excluding hydrogens is 254 g/mol. The SMILES string of the molecule is Cc1ccc(S(=O)(=O)O)cc1C1CCCN([O-])C1. The summed E-state index contributed by atoms with van der Waals surface area (Å²) >= 11 is 0. The first kappa shape index (κ1) is 13.5. The summed E-state index contributed by atoms with van der Waals surface area (Å²) in [5.41, 5.74) is 1.79. The van der Waals surface area contributed by atoms with E-state index in [2.05, 4.69) is 0 Å². The highest BCUT2D eigenvalue weighted by molar-refractivity contribution is 7.85.